The van der Waals surface area contributed by atoms with Gasteiger partial charge in [-0.3, -0.25) is 0 Å². The number of aliphatic hydroxyl groups excluding tert-OH is 1. The molecule has 0 aromatic heterocycles. The minimum atomic E-state index is -1.03. The highest BCUT2D eigenvalue weighted by molar-refractivity contribution is 9.10. The van der Waals surface area contributed by atoms with Crippen LogP contribution in [0.5, 0.6) is 5.75 Å². The lowest BCUT2D eigenvalue weighted by Crippen LogP contribution is -2.02. The van der Waals surface area contributed by atoms with Crippen LogP contribution in [0.1, 0.15) is 30.6 Å². The van der Waals surface area contributed by atoms with E-state index in [1.807, 2.05) is 6.92 Å². The number of ether oxygens (including phenoxy) is 1. The molecule has 1 unspecified atom stereocenters. The van der Waals surface area contributed by atoms with Crippen molar-refractivity contribution in [1.82, 2.24) is 0 Å². The van der Waals surface area contributed by atoms with Crippen molar-refractivity contribution in [1.29, 1.82) is 0 Å². The normalized spacial score (nSPS) is 12.2. The molecule has 0 radical (unpaired) electrons. The molecule has 2 aromatic rings. The summed E-state index contributed by atoms with van der Waals surface area (Å²) in [5.74, 6) is -1.23. The van der Waals surface area contributed by atoms with Crippen molar-refractivity contribution in [3.8, 4) is 5.75 Å². The van der Waals surface area contributed by atoms with E-state index < -0.39 is 17.7 Å². The fourth-order valence-corrected chi connectivity index (χ4v) is 2.40. The van der Waals surface area contributed by atoms with Crippen molar-refractivity contribution in [3.63, 3.8) is 0 Å². The van der Waals surface area contributed by atoms with Gasteiger partial charge in [-0.15, -0.1) is 0 Å². The minimum Gasteiger partial charge on any atom is -0.492 e. The molecule has 0 spiro atoms. The van der Waals surface area contributed by atoms with Gasteiger partial charge in [0.15, 0.2) is 11.6 Å². The van der Waals surface area contributed by atoms with E-state index in [1.54, 1.807) is 18.2 Å². The second kappa shape index (κ2) is 7.00. The van der Waals surface area contributed by atoms with E-state index in [1.165, 1.54) is 6.07 Å². The standard InChI is InChI=1S/C16H15BrF2O2/c1-2-7-21-15-6-4-10(8-12(15)17)16(20)11-3-5-13(18)14(19)9-11/h3-6,8-9,16,20H,2,7H2,1H3. The topological polar surface area (TPSA) is 29.5 Å². The van der Waals surface area contributed by atoms with Gasteiger partial charge < -0.3 is 9.84 Å². The third kappa shape index (κ3) is 3.80. The lowest BCUT2D eigenvalue weighted by molar-refractivity contribution is 0.219. The smallest absolute Gasteiger partial charge is 0.159 e. The van der Waals surface area contributed by atoms with Crippen LogP contribution < -0.4 is 4.74 Å². The summed E-state index contributed by atoms with van der Waals surface area (Å²) in [6.07, 6.45) is -0.136. The van der Waals surface area contributed by atoms with Crippen LogP contribution in [-0.4, -0.2) is 11.7 Å². The molecule has 0 fully saturated rings. The first kappa shape index (κ1) is 15.9. The highest BCUT2D eigenvalue weighted by atomic mass is 79.9. The molecule has 112 valence electrons. The van der Waals surface area contributed by atoms with E-state index in [2.05, 4.69) is 15.9 Å². The van der Waals surface area contributed by atoms with Crippen molar-refractivity contribution in [3.05, 3.63) is 63.6 Å². The van der Waals surface area contributed by atoms with E-state index in [-0.39, 0.29) is 0 Å². The van der Waals surface area contributed by atoms with Crippen LogP contribution in [0.3, 0.4) is 0 Å². The predicted octanol–water partition coefficient (Wildman–Crippen LogP) is 4.60. The van der Waals surface area contributed by atoms with Crippen LogP contribution >= 0.6 is 15.9 Å². The van der Waals surface area contributed by atoms with Crippen LogP contribution in [-0.2, 0) is 0 Å². The first-order chi connectivity index (χ1) is 10.0. The Hall–Kier alpha value is -1.46. The Morgan fingerprint density at radius 3 is 2.38 bits per heavy atom. The Bertz CT molecular complexity index is 632. The monoisotopic (exact) mass is 356 g/mol. The van der Waals surface area contributed by atoms with Gasteiger partial charge in [0.1, 0.15) is 11.9 Å². The van der Waals surface area contributed by atoms with Gasteiger partial charge in [0.2, 0.25) is 0 Å². The summed E-state index contributed by atoms with van der Waals surface area (Å²) in [6, 6.07) is 8.49. The molecular formula is C16H15BrF2O2. The van der Waals surface area contributed by atoms with Crippen LogP contribution in [0.25, 0.3) is 0 Å². The Morgan fingerprint density at radius 1 is 1.10 bits per heavy atom. The van der Waals surface area contributed by atoms with Gasteiger partial charge in [-0.05, 0) is 57.7 Å². The molecule has 0 aliphatic carbocycles. The molecule has 5 heteroatoms. The molecule has 2 rings (SSSR count). The van der Waals surface area contributed by atoms with Gasteiger partial charge >= 0.3 is 0 Å². The molecule has 2 nitrogen and oxygen atoms in total. The van der Waals surface area contributed by atoms with Crippen molar-refractivity contribution in [2.75, 3.05) is 6.61 Å². The Labute approximate surface area is 130 Å². The Morgan fingerprint density at radius 2 is 1.76 bits per heavy atom. The average molecular weight is 357 g/mol. The van der Waals surface area contributed by atoms with Gasteiger partial charge in [-0.25, -0.2) is 8.78 Å². The number of aliphatic hydroxyl groups is 1. The minimum absolute atomic E-state index is 0.294. The van der Waals surface area contributed by atoms with Crippen molar-refractivity contribution >= 4 is 15.9 Å². The predicted molar refractivity (Wildman–Crippen MR) is 80.3 cm³/mol. The summed E-state index contributed by atoms with van der Waals surface area (Å²) >= 11 is 3.37. The largest absolute Gasteiger partial charge is 0.492 e. The highest BCUT2D eigenvalue weighted by Crippen LogP contribution is 2.31. The van der Waals surface area contributed by atoms with E-state index >= 15 is 0 Å². The van der Waals surface area contributed by atoms with Gasteiger partial charge in [-0.2, -0.15) is 0 Å². The summed E-state index contributed by atoms with van der Waals surface area (Å²) in [5, 5.41) is 10.2. The second-order valence-corrected chi connectivity index (χ2v) is 5.47. The van der Waals surface area contributed by atoms with Gasteiger partial charge in [0.05, 0.1) is 11.1 Å². The third-order valence-corrected chi connectivity index (χ3v) is 3.61. The van der Waals surface area contributed by atoms with Crippen molar-refractivity contribution in [2.45, 2.75) is 19.4 Å². The molecule has 0 saturated heterocycles. The van der Waals surface area contributed by atoms with Gasteiger partial charge in [0, 0.05) is 0 Å². The fraction of sp³-hybridized carbons (Fsp3) is 0.250. The van der Waals surface area contributed by atoms with Crippen molar-refractivity contribution < 1.29 is 18.6 Å². The average Bonchev–Trinajstić information content (AvgIpc) is 2.48. The molecule has 0 bridgehead atoms. The zero-order chi connectivity index (χ0) is 15.4. The number of hydrogen-bond acceptors (Lipinski definition) is 2. The van der Waals surface area contributed by atoms with Crippen LogP contribution in [0.2, 0.25) is 0 Å². The summed E-state index contributed by atoms with van der Waals surface area (Å²) in [5.41, 5.74) is 0.861. The maximum Gasteiger partial charge on any atom is 0.159 e. The molecule has 0 saturated carbocycles. The Balaban J connectivity index is 2.24. The molecular weight excluding hydrogens is 342 g/mol. The van der Waals surface area contributed by atoms with E-state index in [9.17, 15) is 13.9 Å². The number of rotatable bonds is 5. The third-order valence-electron chi connectivity index (χ3n) is 2.99. The number of benzene rings is 2. The summed E-state index contributed by atoms with van der Waals surface area (Å²) in [4.78, 5) is 0. The summed E-state index contributed by atoms with van der Waals surface area (Å²) in [6.45, 7) is 2.61. The molecule has 0 aliphatic heterocycles. The first-order valence-electron chi connectivity index (χ1n) is 6.58. The van der Waals surface area contributed by atoms with Crippen molar-refractivity contribution in [2.24, 2.45) is 0 Å². The molecule has 1 atom stereocenters. The number of halogens is 3. The molecule has 0 amide bonds. The molecule has 0 heterocycles. The summed E-state index contributed by atoms with van der Waals surface area (Å²) < 4.78 is 32.4. The quantitative estimate of drug-likeness (QED) is 0.848. The highest BCUT2D eigenvalue weighted by Gasteiger charge is 2.14. The lowest BCUT2D eigenvalue weighted by atomic mass is 10.0. The van der Waals surface area contributed by atoms with E-state index in [0.717, 1.165) is 18.6 Å². The molecule has 21 heavy (non-hydrogen) atoms. The second-order valence-electron chi connectivity index (χ2n) is 4.61. The summed E-state index contributed by atoms with van der Waals surface area (Å²) in [7, 11) is 0. The SMILES string of the molecule is CCCOc1ccc(C(O)c2ccc(F)c(F)c2)cc1Br. The lowest BCUT2D eigenvalue weighted by Gasteiger charge is -2.14. The van der Waals surface area contributed by atoms with Gasteiger partial charge in [0.25, 0.3) is 0 Å². The maximum absolute atomic E-state index is 13.2. The fourth-order valence-electron chi connectivity index (χ4n) is 1.89. The van der Waals surface area contributed by atoms with E-state index in [0.29, 0.717) is 28.0 Å². The van der Waals surface area contributed by atoms with Gasteiger partial charge in [-0.1, -0.05) is 19.1 Å². The first-order valence-corrected chi connectivity index (χ1v) is 7.37. The van der Waals surface area contributed by atoms with Crippen LogP contribution in [0, 0.1) is 11.6 Å². The number of hydrogen-bond donors (Lipinski definition) is 1. The van der Waals surface area contributed by atoms with E-state index in [4.69, 9.17) is 4.74 Å². The maximum atomic E-state index is 13.2. The zero-order valence-electron chi connectivity index (χ0n) is 11.4. The van der Waals surface area contributed by atoms with Crippen LogP contribution in [0.15, 0.2) is 40.9 Å². The van der Waals surface area contributed by atoms with Crippen LogP contribution in [0.4, 0.5) is 8.78 Å². The molecule has 2 aromatic carbocycles. The Kier molecular flexibility index (Phi) is 5.31. The molecule has 0 aliphatic rings. The molecule has 1 N–H and O–H groups in total. The zero-order valence-corrected chi connectivity index (χ0v) is 13.0.